The van der Waals surface area contributed by atoms with Gasteiger partial charge >= 0.3 is 0 Å². The van der Waals surface area contributed by atoms with Crippen molar-refractivity contribution >= 4 is 0 Å². The summed E-state index contributed by atoms with van der Waals surface area (Å²) in [7, 11) is 1.73. The highest BCUT2D eigenvalue weighted by atomic mass is 16.5. The molecule has 1 aromatic rings. The minimum absolute atomic E-state index is 0.784. The van der Waals surface area contributed by atoms with Crippen molar-refractivity contribution in [2.45, 2.75) is 26.8 Å². The lowest BCUT2D eigenvalue weighted by atomic mass is 10.1. The van der Waals surface area contributed by atoms with Gasteiger partial charge in [-0.1, -0.05) is 0 Å². The van der Waals surface area contributed by atoms with Crippen molar-refractivity contribution in [1.29, 1.82) is 0 Å². The van der Waals surface area contributed by atoms with Crippen LogP contribution < -0.4 is 10.5 Å². The molecule has 1 aliphatic heterocycles. The first-order valence-electron chi connectivity index (χ1n) is 7.79. The Morgan fingerprint density at radius 3 is 2.48 bits per heavy atom. The summed E-state index contributed by atoms with van der Waals surface area (Å²) in [5.41, 5.74) is 8.98. The summed E-state index contributed by atoms with van der Waals surface area (Å²) in [6.07, 6.45) is 3.01. The van der Waals surface area contributed by atoms with E-state index in [0.29, 0.717) is 0 Å². The molecule has 0 aromatic carbocycles. The topological polar surface area (TPSA) is 54.6 Å². The van der Waals surface area contributed by atoms with Crippen LogP contribution in [0, 0.1) is 13.8 Å². The second-order valence-electron chi connectivity index (χ2n) is 5.81. The van der Waals surface area contributed by atoms with Crippen LogP contribution in [0.5, 0.6) is 5.75 Å². The van der Waals surface area contributed by atoms with Crippen LogP contribution in [0.3, 0.4) is 0 Å². The van der Waals surface area contributed by atoms with Gasteiger partial charge in [-0.3, -0.25) is 9.88 Å². The van der Waals surface area contributed by atoms with E-state index >= 15 is 0 Å². The van der Waals surface area contributed by atoms with E-state index in [9.17, 15) is 0 Å². The molecule has 0 radical (unpaired) electrons. The van der Waals surface area contributed by atoms with Crippen molar-refractivity contribution in [1.82, 2.24) is 14.8 Å². The molecule has 5 nitrogen and oxygen atoms in total. The molecule has 118 valence electrons. The summed E-state index contributed by atoms with van der Waals surface area (Å²) < 4.78 is 5.49. The number of aryl methyl sites for hydroxylation is 1. The zero-order valence-corrected chi connectivity index (χ0v) is 13.6. The van der Waals surface area contributed by atoms with Crippen molar-refractivity contribution in [3.63, 3.8) is 0 Å². The Hall–Kier alpha value is -1.17. The molecule has 0 unspecified atom stereocenters. The summed E-state index contributed by atoms with van der Waals surface area (Å²) >= 11 is 0. The van der Waals surface area contributed by atoms with E-state index in [2.05, 4.69) is 21.7 Å². The second-order valence-corrected chi connectivity index (χ2v) is 5.81. The number of nitrogens with two attached hydrogens (primary N) is 1. The van der Waals surface area contributed by atoms with E-state index in [1.54, 1.807) is 7.11 Å². The number of aromatic nitrogens is 1. The van der Waals surface area contributed by atoms with Crippen LogP contribution in [0.15, 0.2) is 6.20 Å². The monoisotopic (exact) mass is 292 g/mol. The quantitative estimate of drug-likeness (QED) is 0.853. The van der Waals surface area contributed by atoms with E-state index in [0.717, 1.165) is 69.2 Å². The maximum atomic E-state index is 5.57. The first-order valence-corrected chi connectivity index (χ1v) is 7.79. The van der Waals surface area contributed by atoms with E-state index in [4.69, 9.17) is 10.5 Å². The fourth-order valence-electron chi connectivity index (χ4n) is 2.93. The number of piperazine rings is 1. The van der Waals surface area contributed by atoms with E-state index < -0.39 is 0 Å². The predicted molar refractivity (Wildman–Crippen MR) is 85.7 cm³/mol. The van der Waals surface area contributed by atoms with Crippen molar-refractivity contribution in [3.05, 3.63) is 23.0 Å². The molecular weight excluding hydrogens is 264 g/mol. The molecule has 2 heterocycles. The molecule has 0 spiro atoms. The summed E-state index contributed by atoms with van der Waals surface area (Å²) in [4.78, 5) is 9.57. The molecule has 1 saturated heterocycles. The molecule has 2 rings (SSSR count). The molecule has 21 heavy (non-hydrogen) atoms. The van der Waals surface area contributed by atoms with Gasteiger partial charge in [-0.25, -0.2) is 0 Å². The third-order valence-electron chi connectivity index (χ3n) is 4.27. The predicted octanol–water partition coefficient (Wildman–Crippen LogP) is 1.17. The van der Waals surface area contributed by atoms with Gasteiger partial charge in [0.25, 0.3) is 0 Å². The highest BCUT2D eigenvalue weighted by molar-refractivity contribution is 5.41. The van der Waals surface area contributed by atoms with Crippen LogP contribution in [0.1, 0.15) is 23.2 Å². The Bertz CT molecular complexity index is 456. The van der Waals surface area contributed by atoms with Gasteiger partial charge in [0.15, 0.2) is 0 Å². The standard InChI is InChI=1S/C16H28N4O/c1-13-11-18-15(14(2)16(13)21-3)12-20-9-7-19(8-10-20)6-4-5-17/h11H,4-10,12,17H2,1-3H3. The summed E-state index contributed by atoms with van der Waals surface area (Å²) in [5.74, 6) is 0.974. The molecule has 1 aliphatic rings. The average Bonchev–Trinajstić information content (AvgIpc) is 2.50. The van der Waals surface area contributed by atoms with Crippen LogP contribution >= 0.6 is 0 Å². The molecule has 0 saturated carbocycles. The van der Waals surface area contributed by atoms with Crippen LogP contribution in [-0.2, 0) is 6.54 Å². The maximum Gasteiger partial charge on any atom is 0.128 e. The third kappa shape index (κ3) is 4.15. The zero-order chi connectivity index (χ0) is 15.2. The van der Waals surface area contributed by atoms with Gasteiger partial charge < -0.3 is 15.4 Å². The smallest absolute Gasteiger partial charge is 0.128 e. The lowest BCUT2D eigenvalue weighted by molar-refractivity contribution is 0.125. The summed E-state index contributed by atoms with van der Waals surface area (Å²) in [5, 5.41) is 0. The minimum Gasteiger partial charge on any atom is -0.496 e. The van der Waals surface area contributed by atoms with Crippen molar-refractivity contribution in [3.8, 4) is 5.75 Å². The van der Waals surface area contributed by atoms with Crippen LogP contribution in [0.2, 0.25) is 0 Å². The Kier molecular flexibility index (Phi) is 5.96. The summed E-state index contributed by atoms with van der Waals surface area (Å²) in [6.45, 7) is 11.4. The molecule has 2 N–H and O–H groups in total. The Labute approximate surface area is 128 Å². The van der Waals surface area contributed by atoms with Gasteiger partial charge in [0.2, 0.25) is 0 Å². The summed E-state index contributed by atoms with van der Waals surface area (Å²) in [6, 6.07) is 0. The first kappa shape index (κ1) is 16.2. The molecule has 1 aromatic heterocycles. The van der Waals surface area contributed by atoms with Gasteiger partial charge in [0, 0.05) is 50.0 Å². The largest absolute Gasteiger partial charge is 0.496 e. The van der Waals surface area contributed by atoms with E-state index in [1.807, 2.05) is 13.1 Å². The van der Waals surface area contributed by atoms with E-state index in [1.165, 1.54) is 5.56 Å². The van der Waals surface area contributed by atoms with Gasteiger partial charge in [0.1, 0.15) is 5.75 Å². The molecular formula is C16H28N4O. The zero-order valence-electron chi connectivity index (χ0n) is 13.6. The second kappa shape index (κ2) is 7.73. The van der Waals surface area contributed by atoms with Crippen molar-refractivity contribution < 1.29 is 4.74 Å². The fourth-order valence-corrected chi connectivity index (χ4v) is 2.93. The molecule has 0 amide bonds. The Morgan fingerprint density at radius 1 is 1.19 bits per heavy atom. The number of hydrogen-bond donors (Lipinski definition) is 1. The average molecular weight is 292 g/mol. The highest BCUT2D eigenvalue weighted by Gasteiger charge is 2.18. The molecule has 0 aliphatic carbocycles. The lowest BCUT2D eigenvalue weighted by Crippen LogP contribution is -2.46. The molecule has 0 bridgehead atoms. The number of nitrogens with zero attached hydrogens (tertiary/aromatic N) is 3. The van der Waals surface area contributed by atoms with Crippen molar-refractivity contribution in [2.75, 3.05) is 46.4 Å². The first-order chi connectivity index (χ1) is 10.2. The number of ether oxygens (including phenoxy) is 1. The Balaban J connectivity index is 1.92. The SMILES string of the molecule is COc1c(C)cnc(CN2CCN(CCCN)CC2)c1C. The van der Waals surface area contributed by atoms with Crippen LogP contribution in [0.4, 0.5) is 0 Å². The normalized spacial score (nSPS) is 17.1. The molecule has 5 heteroatoms. The number of hydrogen-bond acceptors (Lipinski definition) is 5. The van der Waals surface area contributed by atoms with Crippen LogP contribution in [-0.4, -0.2) is 61.2 Å². The number of pyridine rings is 1. The van der Waals surface area contributed by atoms with Crippen LogP contribution in [0.25, 0.3) is 0 Å². The van der Waals surface area contributed by atoms with Gasteiger partial charge in [0.05, 0.1) is 12.8 Å². The highest BCUT2D eigenvalue weighted by Crippen LogP contribution is 2.24. The van der Waals surface area contributed by atoms with E-state index in [-0.39, 0.29) is 0 Å². The van der Waals surface area contributed by atoms with Gasteiger partial charge in [-0.05, 0) is 33.4 Å². The molecule has 1 fully saturated rings. The Morgan fingerprint density at radius 2 is 1.86 bits per heavy atom. The fraction of sp³-hybridized carbons (Fsp3) is 0.688. The van der Waals surface area contributed by atoms with Gasteiger partial charge in [-0.2, -0.15) is 0 Å². The lowest BCUT2D eigenvalue weighted by Gasteiger charge is -2.34. The van der Waals surface area contributed by atoms with Gasteiger partial charge in [-0.15, -0.1) is 0 Å². The maximum absolute atomic E-state index is 5.57. The minimum atomic E-state index is 0.784. The number of rotatable bonds is 6. The van der Waals surface area contributed by atoms with Crippen molar-refractivity contribution in [2.24, 2.45) is 5.73 Å². The molecule has 0 atom stereocenters. The third-order valence-corrected chi connectivity index (χ3v) is 4.27. The number of methoxy groups -OCH3 is 1.